The van der Waals surface area contributed by atoms with E-state index in [2.05, 4.69) is 22.4 Å². The molecule has 4 saturated carbocycles. The number of hydrogen-bond acceptors (Lipinski definition) is 5. The number of hydrogen-bond donors (Lipinski definition) is 1. The predicted molar refractivity (Wildman–Crippen MR) is 109 cm³/mol. The van der Waals surface area contributed by atoms with Crippen molar-refractivity contribution in [1.29, 1.82) is 0 Å². The molecule has 29 heavy (non-hydrogen) atoms. The summed E-state index contributed by atoms with van der Waals surface area (Å²) >= 11 is 1.24. The molecule has 0 spiro atoms. The monoisotopic (exact) mass is 415 g/mol. The summed E-state index contributed by atoms with van der Waals surface area (Å²) in [6.07, 6.45) is 8.05. The van der Waals surface area contributed by atoms with Crippen LogP contribution in [0.25, 0.3) is 11.5 Å². The molecule has 4 aliphatic rings. The number of aromatic nitrogens is 2. The van der Waals surface area contributed by atoms with Gasteiger partial charge in [0.2, 0.25) is 11.8 Å². The van der Waals surface area contributed by atoms with Gasteiger partial charge in [-0.15, -0.1) is 10.2 Å². The van der Waals surface area contributed by atoms with Gasteiger partial charge in [-0.3, -0.25) is 4.79 Å². The van der Waals surface area contributed by atoms with E-state index in [9.17, 15) is 9.18 Å². The Balaban J connectivity index is 1.16. The first-order valence-corrected chi connectivity index (χ1v) is 11.5. The number of nitrogens with zero attached hydrogens (tertiary/aromatic N) is 2. The zero-order chi connectivity index (χ0) is 20.0. The summed E-state index contributed by atoms with van der Waals surface area (Å²) in [5, 5.41) is 11.6. The third kappa shape index (κ3) is 3.81. The molecule has 154 valence electrons. The van der Waals surface area contributed by atoms with E-state index in [4.69, 9.17) is 4.42 Å². The molecule has 7 heteroatoms. The molecule has 1 unspecified atom stereocenters. The van der Waals surface area contributed by atoms with E-state index in [0.717, 1.165) is 17.8 Å². The Morgan fingerprint density at radius 1 is 1.17 bits per heavy atom. The molecule has 4 fully saturated rings. The van der Waals surface area contributed by atoms with Gasteiger partial charge in [-0.05, 0) is 92.9 Å². The summed E-state index contributed by atoms with van der Waals surface area (Å²) in [7, 11) is 0. The van der Waals surface area contributed by atoms with E-state index >= 15 is 0 Å². The smallest absolute Gasteiger partial charge is 0.277 e. The second kappa shape index (κ2) is 7.42. The van der Waals surface area contributed by atoms with Crippen LogP contribution < -0.4 is 5.32 Å². The van der Waals surface area contributed by atoms with Gasteiger partial charge in [0, 0.05) is 11.6 Å². The van der Waals surface area contributed by atoms with Crippen molar-refractivity contribution in [2.75, 3.05) is 5.75 Å². The zero-order valence-electron chi connectivity index (χ0n) is 16.6. The highest BCUT2D eigenvalue weighted by Crippen LogP contribution is 2.61. The predicted octanol–water partition coefficient (Wildman–Crippen LogP) is 4.69. The standard InChI is InChI=1S/C22H26FN3O2S/c1-13(22-9-14-6-15(10-22)8-16(7-14)11-22)24-19(27)12-29-21-26-25-20(28-21)17-2-4-18(23)5-3-17/h2-5,13-16H,6-12H2,1H3,(H,24,27). The average molecular weight is 416 g/mol. The first-order valence-electron chi connectivity index (χ1n) is 10.5. The molecule has 5 nitrogen and oxygen atoms in total. The number of halogens is 1. The highest BCUT2D eigenvalue weighted by atomic mass is 32.2. The quantitative estimate of drug-likeness (QED) is 0.694. The van der Waals surface area contributed by atoms with Gasteiger partial charge in [0.05, 0.1) is 5.75 Å². The third-order valence-corrected chi connectivity index (χ3v) is 8.02. The Morgan fingerprint density at radius 3 is 2.41 bits per heavy atom. The zero-order valence-corrected chi connectivity index (χ0v) is 17.4. The van der Waals surface area contributed by atoms with Crippen molar-refractivity contribution in [2.45, 2.75) is 56.7 Å². The van der Waals surface area contributed by atoms with Crippen molar-refractivity contribution in [3.63, 3.8) is 0 Å². The summed E-state index contributed by atoms with van der Waals surface area (Å²) in [5.74, 6) is 2.90. The van der Waals surface area contributed by atoms with Crippen LogP contribution in [0, 0.1) is 29.0 Å². The van der Waals surface area contributed by atoms with Crippen LogP contribution in [0.3, 0.4) is 0 Å². The second-order valence-electron chi connectivity index (χ2n) is 9.24. The van der Waals surface area contributed by atoms with Crippen LogP contribution in [0.5, 0.6) is 0 Å². The molecule has 0 aliphatic heterocycles. The summed E-state index contributed by atoms with van der Waals surface area (Å²) in [6.45, 7) is 2.19. The topological polar surface area (TPSA) is 68.0 Å². The number of thioether (sulfide) groups is 1. The van der Waals surface area contributed by atoms with Crippen molar-refractivity contribution >= 4 is 17.7 Å². The number of benzene rings is 1. The fourth-order valence-corrected chi connectivity index (χ4v) is 6.82. The van der Waals surface area contributed by atoms with E-state index in [1.54, 1.807) is 12.1 Å². The minimum Gasteiger partial charge on any atom is -0.411 e. The molecule has 4 aliphatic carbocycles. The van der Waals surface area contributed by atoms with E-state index < -0.39 is 0 Å². The summed E-state index contributed by atoms with van der Waals surface area (Å²) in [4.78, 5) is 12.6. The van der Waals surface area contributed by atoms with Crippen molar-refractivity contribution in [1.82, 2.24) is 15.5 Å². The lowest BCUT2D eigenvalue weighted by Gasteiger charge is -2.59. The third-order valence-electron chi connectivity index (χ3n) is 7.21. The molecule has 1 amide bonds. The molecule has 1 atom stereocenters. The van der Waals surface area contributed by atoms with Crippen LogP contribution in [-0.4, -0.2) is 27.9 Å². The van der Waals surface area contributed by atoms with Gasteiger partial charge in [0.15, 0.2) is 0 Å². The molecule has 4 bridgehead atoms. The normalized spacial score (nSPS) is 31.0. The van der Waals surface area contributed by atoms with Crippen LogP contribution in [-0.2, 0) is 4.79 Å². The molecule has 1 aromatic heterocycles. The molecular formula is C22H26FN3O2S. The molecule has 6 rings (SSSR count). The lowest BCUT2D eigenvalue weighted by molar-refractivity contribution is -0.123. The van der Waals surface area contributed by atoms with Gasteiger partial charge >= 0.3 is 0 Å². The highest BCUT2D eigenvalue weighted by Gasteiger charge is 2.53. The maximum Gasteiger partial charge on any atom is 0.277 e. The molecular weight excluding hydrogens is 389 g/mol. The van der Waals surface area contributed by atoms with E-state index in [1.165, 1.54) is 62.4 Å². The lowest BCUT2D eigenvalue weighted by Crippen LogP contribution is -2.56. The van der Waals surface area contributed by atoms with Crippen molar-refractivity contribution in [2.24, 2.45) is 23.2 Å². The minimum absolute atomic E-state index is 0.0137. The Labute approximate surface area is 174 Å². The SMILES string of the molecule is CC(NC(=O)CSc1nnc(-c2ccc(F)cc2)o1)C12CC3CC(CC(C3)C1)C2. The number of carbonyl (C=O) groups is 1. The highest BCUT2D eigenvalue weighted by molar-refractivity contribution is 7.99. The van der Waals surface area contributed by atoms with Gasteiger partial charge in [0.1, 0.15) is 5.82 Å². The van der Waals surface area contributed by atoms with E-state index in [-0.39, 0.29) is 23.5 Å². The van der Waals surface area contributed by atoms with Gasteiger partial charge in [-0.2, -0.15) is 0 Å². The first kappa shape index (κ1) is 19.1. The van der Waals surface area contributed by atoms with Crippen LogP contribution in [0.15, 0.2) is 33.9 Å². The van der Waals surface area contributed by atoms with Crippen LogP contribution >= 0.6 is 11.8 Å². The number of nitrogens with one attached hydrogen (secondary N) is 1. The minimum atomic E-state index is -0.312. The number of carbonyl (C=O) groups excluding carboxylic acids is 1. The number of amides is 1. The van der Waals surface area contributed by atoms with Crippen LogP contribution in [0.2, 0.25) is 0 Å². The van der Waals surface area contributed by atoms with Gasteiger partial charge in [0.25, 0.3) is 5.22 Å². The van der Waals surface area contributed by atoms with E-state index in [0.29, 0.717) is 22.1 Å². The maximum absolute atomic E-state index is 13.0. The Morgan fingerprint density at radius 2 is 1.79 bits per heavy atom. The Kier molecular flexibility index (Phi) is 4.88. The molecule has 0 radical (unpaired) electrons. The first-order chi connectivity index (χ1) is 14.0. The Bertz CT molecular complexity index is 862. The fourth-order valence-electron chi connectivity index (χ4n) is 6.25. The van der Waals surface area contributed by atoms with Crippen LogP contribution in [0.1, 0.15) is 45.4 Å². The molecule has 0 saturated heterocycles. The molecule has 2 aromatic rings. The van der Waals surface area contributed by atoms with Crippen molar-refractivity contribution in [3.8, 4) is 11.5 Å². The fraction of sp³-hybridized carbons (Fsp3) is 0.591. The molecule has 1 aromatic carbocycles. The summed E-state index contributed by atoms with van der Waals surface area (Å²) < 4.78 is 18.6. The summed E-state index contributed by atoms with van der Waals surface area (Å²) in [5.41, 5.74) is 0.959. The van der Waals surface area contributed by atoms with Crippen LogP contribution in [0.4, 0.5) is 4.39 Å². The van der Waals surface area contributed by atoms with Crippen molar-refractivity contribution < 1.29 is 13.6 Å². The number of rotatable bonds is 6. The lowest BCUT2D eigenvalue weighted by atomic mass is 9.48. The van der Waals surface area contributed by atoms with Crippen molar-refractivity contribution in [3.05, 3.63) is 30.1 Å². The maximum atomic E-state index is 13.0. The summed E-state index contributed by atoms with van der Waals surface area (Å²) in [6, 6.07) is 6.10. The largest absolute Gasteiger partial charge is 0.411 e. The Hall–Kier alpha value is -1.89. The molecule has 1 N–H and O–H groups in total. The van der Waals surface area contributed by atoms with Gasteiger partial charge in [-0.1, -0.05) is 11.8 Å². The van der Waals surface area contributed by atoms with Gasteiger partial charge in [-0.25, -0.2) is 4.39 Å². The average Bonchev–Trinajstić information content (AvgIpc) is 3.15. The van der Waals surface area contributed by atoms with E-state index in [1.807, 2.05) is 0 Å². The molecule has 1 heterocycles. The second-order valence-corrected chi connectivity index (χ2v) is 10.2. The van der Waals surface area contributed by atoms with Gasteiger partial charge < -0.3 is 9.73 Å².